The number of rotatable bonds is 11. The minimum absolute atomic E-state index is 0.0229. The van der Waals surface area contributed by atoms with Crippen LogP contribution >= 0.6 is 23.4 Å². The van der Waals surface area contributed by atoms with Crippen LogP contribution in [0.3, 0.4) is 0 Å². The summed E-state index contributed by atoms with van der Waals surface area (Å²) in [6.45, 7) is 0. The zero-order valence-corrected chi connectivity index (χ0v) is 26.3. The van der Waals surface area contributed by atoms with Gasteiger partial charge < -0.3 is 21.1 Å². The molecule has 234 valence electrons. The number of carbonyl (C=O) groups is 4. The van der Waals surface area contributed by atoms with Crippen molar-refractivity contribution in [2.75, 3.05) is 10.6 Å². The zero-order chi connectivity index (χ0) is 33.2. The maximum atomic E-state index is 13.6. The molecule has 5 aromatic rings. The lowest BCUT2D eigenvalue weighted by atomic mass is 10.1. The van der Waals surface area contributed by atoms with E-state index < -0.39 is 23.0 Å². The summed E-state index contributed by atoms with van der Waals surface area (Å²) in [5.41, 5.74) is 2.85. The minimum atomic E-state index is -1.06. The lowest BCUT2D eigenvalue weighted by Gasteiger charge is -2.18. The number of aromatic carboxylic acids is 1. The number of anilines is 2. The number of amides is 3. The molecule has 0 saturated heterocycles. The Bertz CT molecular complexity index is 1920. The fourth-order valence-electron chi connectivity index (χ4n) is 4.45. The average Bonchev–Trinajstić information content (AvgIpc) is 3.09. The van der Waals surface area contributed by atoms with Crippen LogP contribution in [0.1, 0.15) is 37.1 Å². The lowest BCUT2D eigenvalue weighted by Crippen LogP contribution is -2.30. The summed E-state index contributed by atoms with van der Waals surface area (Å²) >= 11 is 7.32. The van der Waals surface area contributed by atoms with Crippen molar-refractivity contribution in [2.45, 2.75) is 10.1 Å². The molecule has 0 fully saturated rings. The molecule has 0 radical (unpaired) electrons. The Balaban J connectivity index is 1.36. The summed E-state index contributed by atoms with van der Waals surface area (Å²) in [6.07, 6.45) is 1.56. The van der Waals surface area contributed by atoms with Gasteiger partial charge in [0.2, 0.25) is 5.91 Å². The van der Waals surface area contributed by atoms with E-state index in [1.54, 1.807) is 78.9 Å². The smallest absolute Gasteiger partial charge is 0.335 e. The number of hydrogen-bond donors (Lipinski definition) is 4. The van der Waals surface area contributed by atoms with E-state index in [9.17, 15) is 24.3 Å². The van der Waals surface area contributed by atoms with Gasteiger partial charge in [-0.05, 0) is 83.9 Å². The molecule has 0 bridgehead atoms. The van der Waals surface area contributed by atoms with E-state index in [4.69, 9.17) is 11.6 Å². The third-order valence-electron chi connectivity index (χ3n) is 6.80. The highest BCUT2D eigenvalue weighted by Gasteiger charge is 2.23. The Morgan fingerprint density at radius 2 is 1.34 bits per heavy atom. The molecular weight excluding hydrogens is 634 g/mol. The highest BCUT2D eigenvalue weighted by Crippen LogP contribution is 2.37. The van der Waals surface area contributed by atoms with Gasteiger partial charge in [-0.1, -0.05) is 78.3 Å². The SMILES string of the molecule is O=C(Nc1cccc(SC(C(=O)Nc2ccc(C(=O)O)cc2)c2ccccc2)c1)/C(=C/c1ccc(Cl)cc1)NC(=O)c1ccccc1. The van der Waals surface area contributed by atoms with Crippen molar-refractivity contribution in [3.05, 3.63) is 166 Å². The number of thioether (sulfide) groups is 1. The van der Waals surface area contributed by atoms with Gasteiger partial charge in [0.1, 0.15) is 10.9 Å². The van der Waals surface area contributed by atoms with Crippen molar-refractivity contribution in [3.63, 3.8) is 0 Å². The van der Waals surface area contributed by atoms with E-state index in [1.807, 2.05) is 36.4 Å². The quantitative estimate of drug-likeness (QED) is 0.0842. The van der Waals surface area contributed by atoms with Crippen LogP contribution in [0.2, 0.25) is 5.02 Å². The number of carbonyl (C=O) groups excluding carboxylic acids is 3. The standard InChI is InChI=1S/C37H28ClN3O5S/c38-28-18-14-24(15-19-28)22-32(41-34(42)26-10-5-2-6-11-26)35(43)40-30-12-7-13-31(23-30)47-33(25-8-3-1-4-9-25)36(44)39-29-20-16-27(17-21-29)37(45)46/h1-23,33H,(H,39,44)(H,40,43)(H,41,42)(H,45,46)/b32-22-. The van der Waals surface area contributed by atoms with Crippen LogP contribution in [0.15, 0.2) is 144 Å². The summed E-state index contributed by atoms with van der Waals surface area (Å²) < 4.78 is 0. The Morgan fingerprint density at radius 1 is 0.681 bits per heavy atom. The van der Waals surface area contributed by atoms with Crippen LogP contribution in [0.5, 0.6) is 0 Å². The second kappa shape index (κ2) is 15.6. The lowest BCUT2D eigenvalue weighted by molar-refractivity contribution is -0.116. The van der Waals surface area contributed by atoms with Crippen molar-refractivity contribution < 1.29 is 24.3 Å². The fraction of sp³-hybridized carbons (Fsp3) is 0.0270. The molecule has 0 aliphatic rings. The van der Waals surface area contributed by atoms with Crippen molar-refractivity contribution in [2.24, 2.45) is 0 Å². The van der Waals surface area contributed by atoms with Crippen molar-refractivity contribution >= 4 is 64.5 Å². The Labute approximate surface area is 280 Å². The number of carboxylic acids is 1. The predicted molar refractivity (Wildman–Crippen MR) is 185 cm³/mol. The van der Waals surface area contributed by atoms with E-state index in [0.29, 0.717) is 32.4 Å². The van der Waals surface area contributed by atoms with Crippen LogP contribution in [0, 0.1) is 0 Å². The highest BCUT2D eigenvalue weighted by atomic mass is 35.5. The molecule has 4 N–H and O–H groups in total. The molecule has 47 heavy (non-hydrogen) atoms. The van der Waals surface area contributed by atoms with E-state index in [-0.39, 0.29) is 17.2 Å². The summed E-state index contributed by atoms with van der Waals surface area (Å²) in [5.74, 6) is -2.36. The van der Waals surface area contributed by atoms with Crippen LogP contribution < -0.4 is 16.0 Å². The average molecular weight is 662 g/mol. The first kappa shape index (κ1) is 32.7. The van der Waals surface area contributed by atoms with Crippen molar-refractivity contribution in [1.82, 2.24) is 5.32 Å². The predicted octanol–water partition coefficient (Wildman–Crippen LogP) is 7.92. The van der Waals surface area contributed by atoms with Gasteiger partial charge in [-0.2, -0.15) is 0 Å². The molecule has 0 heterocycles. The summed E-state index contributed by atoms with van der Waals surface area (Å²) in [6, 6.07) is 37.6. The molecule has 0 aliphatic carbocycles. The van der Waals surface area contributed by atoms with Gasteiger partial charge in [-0.15, -0.1) is 11.8 Å². The third kappa shape index (κ3) is 9.20. The number of carboxylic acid groups (broad SMARTS) is 1. The monoisotopic (exact) mass is 661 g/mol. The van der Waals surface area contributed by atoms with E-state index in [2.05, 4.69) is 16.0 Å². The van der Waals surface area contributed by atoms with Crippen LogP contribution in [0.25, 0.3) is 6.08 Å². The van der Waals surface area contributed by atoms with Crippen molar-refractivity contribution in [3.8, 4) is 0 Å². The molecule has 10 heteroatoms. The van der Waals surface area contributed by atoms with Gasteiger partial charge in [-0.3, -0.25) is 14.4 Å². The second-order valence-electron chi connectivity index (χ2n) is 10.2. The minimum Gasteiger partial charge on any atom is -0.478 e. The topological polar surface area (TPSA) is 125 Å². The molecule has 1 atom stereocenters. The molecular formula is C37H28ClN3O5S. The van der Waals surface area contributed by atoms with E-state index in [0.717, 1.165) is 5.56 Å². The largest absolute Gasteiger partial charge is 0.478 e. The van der Waals surface area contributed by atoms with Gasteiger partial charge in [0, 0.05) is 26.9 Å². The fourth-order valence-corrected chi connectivity index (χ4v) is 5.66. The number of halogens is 1. The maximum Gasteiger partial charge on any atom is 0.335 e. The van der Waals surface area contributed by atoms with Crippen LogP contribution in [0.4, 0.5) is 11.4 Å². The van der Waals surface area contributed by atoms with Crippen molar-refractivity contribution in [1.29, 1.82) is 0 Å². The molecule has 0 aliphatic heterocycles. The Kier molecular flexibility index (Phi) is 10.9. The van der Waals surface area contributed by atoms with E-state index in [1.165, 1.54) is 36.0 Å². The van der Waals surface area contributed by atoms with Gasteiger partial charge >= 0.3 is 5.97 Å². The molecule has 8 nitrogen and oxygen atoms in total. The summed E-state index contributed by atoms with van der Waals surface area (Å²) in [4.78, 5) is 52.0. The first-order chi connectivity index (χ1) is 22.7. The van der Waals surface area contributed by atoms with Gasteiger partial charge in [0.05, 0.1) is 5.56 Å². The molecule has 5 rings (SSSR count). The maximum absolute atomic E-state index is 13.6. The zero-order valence-electron chi connectivity index (χ0n) is 24.7. The first-order valence-corrected chi connectivity index (χ1v) is 15.6. The van der Waals surface area contributed by atoms with Gasteiger partial charge in [0.15, 0.2) is 0 Å². The van der Waals surface area contributed by atoms with E-state index >= 15 is 0 Å². The first-order valence-electron chi connectivity index (χ1n) is 14.4. The Hall–Kier alpha value is -5.64. The number of benzene rings is 5. The third-order valence-corrected chi connectivity index (χ3v) is 8.30. The number of nitrogens with one attached hydrogen (secondary N) is 3. The molecule has 0 spiro atoms. The second-order valence-corrected chi connectivity index (χ2v) is 11.8. The molecule has 5 aromatic carbocycles. The summed E-state index contributed by atoms with van der Waals surface area (Å²) in [7, 11) is 0. The van der Waals surface area contributed by atoms with Crippen LogP contribution in [-0.4, -0.2) is 28.8 Å². The highest BCUT2D eigenvalue weighted by molar-refractivity contribution is 8.00. The molecule has 0 saturated carbocycles. The summed E-state index contributed by atoms with van der Waals surface area (Å²) in [5, 5.41) is 17.5. The van der Waals surface area contributed by atoms with Gasteiger partial charge in [0.25, 0.3) is 11.8 Å². The molecule has 3 amide bonds. The molecule has 1 unspecified atom stereocenters. The Morgan fingerprint density at radius 3 is 2.00 bits per heavy atom. The van der Waals surface area contributed by atoms with Crippen LogP contribution in [-0.2, 0) is 9.59 Å². The normalized spacial score (nSPS) is 11.6. The molecule has 0 aromatic heterocycles. The van der Waals surface area contributed by atoms with Gasteiger partial charge in [-0.25, -0.2) is 4.79 Å². The number of hydrogen-bond acceptors (Lipinski definition) is 5.